The molecular weight excluding hydrogens is 124 g/mol. The largest absolute Gasteiger partial charge is 0.229 e. The first-order valence-electron chi connectivity index (χ1n) is 2.70. The molecule has 1 fully saturated rings. The Bertz CT molecular complexity index is 181. The lowest BCUT2D eigenvalue weighted by atomic mass is 10.5. The van der Waals surface area contributed by atoms with Crippen molar-refractivity contribution in [2.45, 2.75) is 18.6 Å². The van der Waals surface area contributed by atoms with Crippen LogP contribution in [-0.4, -0.2) is 19.9 Å². The van der Waals surface area contributed by atoms with E-state index in [9.17, 15) is 8.42 Å². The van der Waals surface area contributed by atoms with Gasteiger partial charge in [-0.1, -0.05) is 6.92 Å². The van der Waals surface area contributed by atoms with Crippen LogP contribution in [0.15, 0.2) is 0 Å². The maximum atomic E-state index is 10.6. The Morgan fingerprint density at radius 3 is 1.88 bits per heavy atom. The molecule has 1 aliphatic rings. The SMILES string of the molecule is C[C@@H]1C[C@H]1S(C)(=O)=O. The zero-order chi connectivity index (χ0) is 6.36. The van der Waals surface area contributed by atoms with Gasteiger partial charge in [-0.05, 0) is 12.3 Å². The van der Waals surface area contributed by atoms with Crippen molar-refractivity contribution in [2.24, 2.45) is 5.92 Å². The van der Waals surface area contributed by atoms with Crippen LogP contribution >= 0.6 is 0 Å². The quantitative estimate of drug-likeness (QED) is 0.521. The molecule has 0 N–H and O–H groups in total. The zero-order valence-corrected chi connectivity index (χ0v) is 5.90. The van der Waals surface area contributed by atoms with Crippen LogP contribution in [0.25, 0.3) is 0 Å². The monoisotopic (exact) mass is 134 g/mol. The molecule has 0 spiro atoms. The van der Waals surface area contributed by atoms with E-state index in [0.717, 1.165) is 6.42 Å². The van der Waals surface area contributed by atoms with Crippen molar-refractivity contribution in [1.29, 1.82) is 0 Å². The number of sulfone groups is 1. The number of rotatable bonds is 1. The molecular formula is C5H10O2S. The molecule has 8 heavy (non-hydrogen) atoms. The van der Waals surface area contributed by atoms with E-state index >= 15 is 0 Å². The maximum absolute atomic E-state index is 10.6. The summed E-state index contributed by atoms with van der Waals surface area (Å²) >= 11 is 0. The Labute approximate surface area is 49.8 Å². The van der Waals surface area contributed by atoms with Crippen LogP contribution in [0.4, 0.5) is 0 Å². The van der Waals surface area contributed by atoms with Crippen molar-refractivity contribution in [3.05, 3.63) is 0 Å². The van der Waals surface area contributed by atoms with Gasteiger partial charge in [0, 0.05) is 6.26 Å². The van der Waals surface area contributed by atoms with Gasteiger partial charge in [0.25, 0.3) is 0 Å². The molecule has 0 heterocycles. The van der Waals surface area contributed by atoms with E-state index in [2.05, 4.69) is 0 Å². The molecule has 0 amide bonds. The summed E-state index contributed by atoms with van der Waals surface area (Å²) in [5.74, 6) is 0.421. The second-order valence-electron chi connectivity index (χ2n) is 2.58. The number of hydrogen-bond donors (Lipinski definition) is 0. The van der Waals surface area contributed by atoms with Gasteiger partial charge in [-0.25, -0.2) is 8.42 Å². The zero-order valence-electron chi connectivity index (χ0n) is 5.09. The second kappa shape index (κ2) is 1.47. The van der Waals surface area contributed by atoms with E-state index in [1.807, 2.05) is 6.92 Å². The van der Waals surface area contributed by atoms with Crippen LogP contribution in [0, 0.1) is 5.92 Å². The molecule has 1 saturated carbocycles. The Hall–Kier alpha value is -0.0500. The van der Waals surface area contributed by atoms with Gasteiger partial charge in [0.2, 0.25) is 0 Å². The number of hydrogen-bond acceptors (Lipinski definition) is 2. The molecule has 2 nitrogen and oxygen atoms in total. The highest BCUT2D eigenvalue weighted by Crippen LogP contribution is 2.35. The third-order valence-corrected chi connectivity index (χ3v) is 3.34. The van der Waals surface area contributed by atoms with Crippen molar-refractivity contribution in [1.82, 2.24) is 0 Å². The Balaban J connectivity index is 2.66. The fourth-order valence-corrected chi connectivity index (χ4v) is 2.38. The van der Waals surface area contributed by atoms with Crippen LogP contribution in [0.1, 0.15) is 13.3 Å². The molecule has 0 bridgehead atoms. The normalized spacial score (nSPS) is 37.2. The van der Waals surface area contributed by atoms with Crippen LogP contribution < -0.4 is 0 Å². The summed E-state index contributed by atoms with van der Waals surface area (Å²) in [7, 11) is -2.68. The van der Waals surface area contributed by atoms with Gasteiger partial charge in [0.1, 0.15) is 0 Å². The van der Waals surface area contributed by atoms with Crippen molar-refractivity contribution in [2.75, 3.05) is 6.26 Å². The van der Waals surface area contributed by atoms with Gasteiger partial charge < -0.3 is 0 Å². The van der Waals surface area contributed by atoms with Crippen molar-refractivity contribution in [3.63, 3.8) is 0 Å². The second-order valence-corrected chi connectivity index (χ2v) is 4.85. The molecule has 0 aromatic rings. The standard InChI is InChI=1S/C5H10O2S/c1-4-3-5(4)8(2,6)7/h4-5H,3H2,1-2H3/t4-,5-/m1/s1. The highest BCUT2D eigenvalue weighted by Gasteiger charge is 2.40. The van der Waals surface area contributed by atoms with Gasteiger partial charge in [-0.3, -0.25) is 0 Å². The lowest BCUT2D eigenvalue weighted by Crippen LogP contribution is -2.03. The van der Waals surface area contributed by atoms with E-state index in [1.165, 1.54) is 6.26 Å². The fraction of sp³-hybridized carbons (Fsp3) is 1.00. The Morgan fingerprint density at radius 1 is 1.50 bits per heavy atom. The lowest BCUT2D eigenvalue weighted by Gasteiger charge is -1.87. The van der Waals surface area contributed by atoms with Crippen molar-refractivity contribution < 1.29 is 8.42 Å². The minimum Gasteiger partial charge on any atom is -0.229 e. The summed E-state index contributed by atoms with van der Waals surface area (Å²) in [6.07, 6.45) is 2.18. The summed E-state index contributed by atoms with van der Waals surface area (Å²) in [6, 6.07) is 0. The molecule has 3 heteroatoms. The van der Waals surface area contributed by atoms with Gasteiger partial charge in [0.15, 0.2) is 9.84 Å². The first-order chi connectivity index (χ1) is 3.52. The molecule has 2 atom stereocenters. The lowest BCUT2D eigenvalue weighted by molar-refractivity contribution is 0.599. The third kappa shape index (κ3) is 1.02. The molecule has 1 rings (SSSR count). The molecule has 1 aliphatic carbocycles. The molecule has 0 unspecified atom stereocenters. The van der Waals surface area contributed by atoms with Gasteiger partial charge in [0.05, 0.1) is 5.25 Å². The predicted molar refractivity (Wildman–Crippen MR) is 32.4 cm³/mol. The maximum Gasteiger partial charge on any atom is 0.150 e. The Kier molecular flexibility index (Phi) is 1.11. The molecule has 0 radical (unpaired) electrons. The summed E-state index contributed by atoms with van der Waals surface area (Å²) < 4.78 is 21.2. The fourth-order valence-electron chi connectivity index (χ4n) is 0.885. The van der Waals surface area contributed by atoms with Gasteiger partial charge >= 0.3 is 0 Å². The van der Waals surface area contributed by atoms with Gasteiger partial charge in [-0.15, -0.1) is 0 Å². The summed E-state index contributed by atoms with van der Waals surface area (Å²) in [5.41, 5.74) is 0. The van der Waals surface area contributed by atoms with E-state index in [-0.39, 0.29) is 5.25 Å². The van der Waals surface area contributed by atoms with E-state index in [1.54, 1.807) is 0 Å². The molecule has 0 aliphatic heterocycles. The van der Waals surface area contributed by atoms with Crippen LogP contribution in [-0.2, 0) is 9.84 Å². The van der Waals surface area contributed by atoms with Gasteiger partial charge in [-0.2, -0.15) is 0 Å². The Morgan fingerprint density at radius 2 is 1.88 bits per heavy atom. The minimum absolute atomic E-state index is 0.0116. The highest BCUT2D eigenvalue weighted by molar-refractivity contribution is 7.91. The topological polar surface area (TPSA) is 34.1 Å². The third-order valence-electron chi connectivity index (χ3n) is 1.59. The predicted octanol–water partition coefficient (Wildman–Crippen LogP) is 0.439. The summed E-state index contributed by atoms with van der Waals surface area (Å²) in [4.78, 5) is 0. The highest BCUT2D eigenvalue weighted by atomic mass is 32.2. The molecule has 0 aromatic heterocycles. The average Bonchev–Trinajstić information content (AvgIpc) is 2.13. The van der Waals surface area contributed by atoms with E-state index in [4.69, 9.17) is 0 Å². The molecule has 0 aromatic carbocycles. The van der Waals surface area contributed by atoms with Crippen molar-refractivity contribution >= 4 is 9.84 Å². The van der Waals surface area contributed by atoms with Crippen LogP contribution in [0.5, 0.6) is 0 Å². The van der Waals surface area contributed by atoms with Crippen LogP contribution in [0.2, 0.25) is 0 Å². The average molecular weight is 134 g/mol. The summed E-state index contributed by atoms with van der Waals surface area (Å²) in [6.45, 7) is 1.96. The van der Waals surface area contributed by atoms with E-state index < -0.39 is 9.84 Å². The molecule has 0 saturated heterocycles. The smallest absolute Gasteiger partial charge is 0.150 e. The summed E-state index contributed by atoms with van der Waals surface area (Å²) in [5, 5.41) is -0.0116. The molecule has 48 valence electrons. The van der Waals surface area contributed by atoms with Crippen LogP contribution in [0.3, 0.4) is 0 Å². The first kappa shape index (κ1) is 6.08. The van der Waals surface area contributed by atoms with Crippen molar-refractivity contribution in [3.8, 4) is 0 Å². The first-order valence-corrected chi connectivity index (χ1v) is 4.66. The minimum atomic E-state index is -2.68. The van der Waals surface area contributed by atoms with E-state index in [0.29, 0.717) is 5.92 Å².